The predicted octanol–water partition coefficient (Wildman–Crippen LogP) is 4.23. The molecule has 1 aliphatic heterocycles. The molecule has 146 valence electrons. The molecule has 1 aliphatic rings. The number of carbonyl (C=O) groups is 1. The summed E-state index contributed by atoms with van der Waals surface area (Å²) < 4.78 is 18.1. The first-order valence-corrected chi connectivity index (χ1v) is 10.2. The molecule has 6 nitrogen and oxygen atoms in total. The van der Waals surface area contributed by atoms with Crippen molar-refractivity contribution in [1.82, 2.24) is 0 Å². The lowest BCUT2D eigenvalue weighted by Gasteiger charge is -2.13. The second-order valence-corrected chi connectivity index (χ2v) is 7.63. The largest absolute Gasteiger partial charge is 0.490 e. The third-order valence-electron chi connectivity index (χ3n) is 3.63. The van der Waals surface area contributed by atoms with Gasteiger partial charge in [-0.2, -0.15) is 4.99 Å². The van der Waals surface area contributed by atoms with E-state index in [1.165, 1.54) is 0 Å². The van der Waals surface area contributed by atoms with Crippen LogP contribution in [0.5, 0.6) is 17.2 Å². The fourth-order valence-corrected chi connectivity index (χ4v) is 3.37. The van der Waals surface area contributed by atoms with Crippen LogP contribution in [0.15, 0.2) is 56.8 Å². The van der Waals surface area contributed by atoms with Crippen molar-refractivity contribution < 1.29 is 19.0 Å². The zero-order valence-corrected chi connectivity index (χ0v) is 17.6. The van der Waals surface area contributed by atoms with E-state index in [9.17, 15) is 4.79 Å². The number of thioether (sulfide) groups is 1. The van der Waals surface area contributed by atoms with Gasteiger partial charge in [0.2, 0.25) is 0 Å². The van der Waals surface area contributed by atoms with Gasteiger partial charge < -0.3 is 19.9 Å². The summed E-state index contributed by atoms with van der Waals surface area (Å²) >= 11 is 4.54. The van der Waals surface area contributed by atoms with Gasteiger partial charge in [0.1, 0.15) is 19.0 Å². The van der Waals surface area contributed by atoms with Crippen molar-refractivity contribution in [3.63, 3.8) is 0 Å². The van der Waals surface area contributed by atoms with Gasteiger partial charge in [0.05, 0.1) is 11.5 Å². The minimum atomic E-state index is -0.328. The molecule has 0 bridgehead atoms. The lowest BCUT2D eigenvalue weighted by atomic mass is 10.2. The zero-order valence-electron chi connectivity index (χ0n) is 15.2. The Morgan fingerprint density at radius 2 is 1.82 bits per heavy atom. The van der Waals surface area contributed by atoms with Crippen molar-refractivity contribution in [3.8, 4) is 17.2 Å². The van der Waals surface area contributed by atoms with Crippen LogP contribution >= 0.6 is 27.7 Å². The van der Waals surface area contributed by atoms with Gasteiger partial charge in [-0.1, -0.05) is 22.0 Å². The molecule has 0 unspecified atom stereocenters. The summed E-state index contributed by atoms with van der Waals surface area (Å²) in [5.41, 5.74) is 6.39. The predicted molar refractivity (Wildman–Crippen MR) is 115 cm³/mol. The standard InChI is InChI=1S/C20H19BrN2O4S/c1-2-25-17-11-13(12-18-19(24)23-20(22)28-18)3-8-16(17)27-10-9-26-15-6-4-14(21)5-7-15/h3-8,11-12H,2,9-10H2,1H3,(H2,22,23,24)/b18-12-. The van der Waals surface area contributed by atoms with Gasteiger partial charge in [0.15, 0.2) is 16.7 Å². The number of hydrogen-bond acceptors (Lipinski definition) is 6. The Labute approximate surface area is 175 Å². The molecule has 2 aromatic rings. The first-order chi connectivity index (χ1) is 13.5. The fourth-order valence-electron chi connectivity index (χ4n) is 2.42. The second-order valence-electron chi connectivity index (χ2n) is 5.66. The average Bonchev–Trinajstić information content (AvgIpc) is 2.99. The minimum absolute atomic E-state index is 0.256. The molecular weight excluding hydrogens is 444 g/mol. The Bertz CT molecular complexity index is 913. The molecule has 0 aromatic heterocycles. The Kier molecular flexibility index (Phi) is 7.00. The molecular formula is C20H19BrN2O4S. The van der Waals surface area contributed by atoms with Crippen molar-refractivity contribution in [2.75, 3.05) is 19.8 Å². The van der Waals surface area contributed by atoms with Crippen molar-refractivity contribution in [2.24, 2.45) is 10.7 Å². The number of hydrogen-bond donors (Lipinski definition) is 1. The van der Waals surface area contributed by atoms with Gasteiger partial charge in [0, 0.05) is 4.47 Å². The van der Waals surface area contributed by atoms with E-state index in [4.69, 9.17) is 19.9 Å². The number of carbonyl (C=O) groups excluding carboxylic acids is 1. The highest BCUT2D eigenvalue weighted by Crippen LogP contribution is 2.32. The molecule has 2 aromatic carbocycles. The number of rotatable bonds is 8. The number of aliphatic imine (C=N–C) groups is 1. The zero-order chi connectivity index (χ0) is 19.9. The van der Waals surface area contributed by atoms with E-state index in [0.29, 0.717) is 36.2 Å². The number of halogens is 1. The molecule has 0 saturated carbocycles. The highest BCUT2D eigenvalue weighted by atomic mass is 79.9. The summed E-state index contributed by atoms with van der Waals surface area (Å²) in [5.74, 6) is 1.67. The molecule has 1 heterocycles. The lowest BCUT2D eigenvalue weighted by Crippen LogP contribution is -2.10. The summed E-state index contributed by atoms with van der Waals surface area (Å²) in [6.45, 7) is 3.17. The van der Waals surface area contributed by atoms with E-state index >= 15 is 0 Å². The molecule has 3 rings (SSSR count). The SMILES string of the molecule is CCOc1cc(/C=C2\SC(N)=NC2=O)ccc1OCCOc1ccc(Br)cc1. The van der Waals surface area contributed by atoms with E-state index in [1.54, 1.807) is 6.08 Å². The van der Waals surface area contributed by atoms with Crippen LogP contribution in [0.4, 0.5) is 0 Å². The average molecular weight is 463 g/mol. The van der Waals surface area contributed by atoms with E-state index in [0.717, 1.165) is 27.5 Å². The second kappa shape index (κ2) is 9.66. The van der Waals surface area contributed by atoms with Crippen LogP contribution in [-0.2, 0) is 4.79 Å². The fraction of sp³-hybridized carbons (Fsp3) is 0.200. The van der Waals surface area contributed by atoms with Crippen LogP contribution in [0.3, 0.4) is 0 Å². The maximum absolute atomic E-state index is 11.7. The van der Waals surface area contributed by atoms with Gasteiger partial charge in [0.25, 0.3) is 5.91 Å². The summed E-state index contributed by atoms with van der Waals surface area (Å²) in [4.78, 5) is 15.9. The number of ether oxygens (including phenoxy) is 3. The van der Waals surface area contributed by atoms with Crippen molar-refractivity contribution >= 4 is 44.8 Å². The first-order valence-electron chi connectivity index (χ1n) is 8.61. The highest BCUT2D eigenvalue weighted by Gasteiger charge is 2.19. The summed E-state index contributed by atoms with van der Waals surface area (Å²) in [6.07, 6.45) is 1.74. The minimum Gasteiger partial charge on any atom is -0.490 e. The molecule has 8 heteroatoms. The molecule has 0 radical (unpaired) electrons. The van der Waals surface area contributed by atoms with Crippen molar-refractivity contribution in [2.45, 2.75) is 6.92 Å². The van der Waals surface area contributed by atoms with Crippen LogP contribution < -0.4 is 19.9 Å². The summed E-state index contributed by atoms with van der Waals surface area (Å²) in [7, 11) is 0. The van der Waals surface area contributed by atoms with E-state index in [2.05, 4.69) is 20.9 Å². The topological polar surface area (TPSA) is 83.1 Å². The maximum Gasteiger partial charge on any atom is 0.286 e. The number of benzene rings is 2. The molecule has 0 fully saturated rings. The van der Waals surface area contributed by atoms with Gasteiger partial charge in [-0.05, 0) is 66.7 Å². The molecule has 0 saturated heterocycles. The summed E-state index contributed by atoms with van der Waals surface area (Å²) in [6, 6.07) is 13.1. The van der Waals surface area contributed by atoms with Gasteiger partial charge in [-0.3, -0.25) is 4.79 Å². The van der Waals surface area contributed by atoms with Crippen molar-refractivity contribution in [3.05, 3.63) is 57.4 Å². The molecule has 0 spiro atoms. The third kappa shape index (κ3) is 5.53. The van der Waals surface area contributed by atoms with E-state index in [1.807, 2.05) is 49.4 Å². The first kappa shape index (κ1) is 20.3. The van der Waals surface area contributed by atoms with Crippen LogP contribution in [0.25, 0.3) is 6.08 Å². The number of nitrogens with zero attached hydrogens (tertiary/aromatic N) is 1. The Morgan fingerprint density at radius 1 is 1.07 bits per heavy atom. The Hall–Kier alpha value is -2.45. The monoisotopic (exact) mass is 462 g/mol. The molecule has 0 atom stereocenters. The highest BCUT2D eigenvalue weighted by molar-refractivity contribution is 9.10. The molecule has 0 aliphatic carbocycles. The van der Waals surface area contributed by atoms with Crippen LogP contribution in [0, 0.1) is 0 Å². The number of amides is 1. The number of nitrogens with two attached hydrogens (primary N) is 1. The number of amidine groups is 1. The van der Waals surface area contributed by atoms with Gasteiger partial charge in [-0.15, -0.1) is 0 Å². The lowest BCUT2D eigenvalue weighted by molar-refractivity contribution is -0.113. The van der Waals surface area contributed by atoms with Crippen LogP contribution in [-0.4, -0.2) is 30.9 Å². The summed E-state index contributed by atoms with van der Waals surface area (Å²) in [5, 5.41) is 0.256. The van der Waals surface area contributed by atoms with Gasteiger partial charge in [-0.25, -0.2) is 0 Å². The van der Waals surface area contributed by atoms with Crippen LogP contribution in [0.1, 0.15) is 12.5 Å². The van der Waals surface area contributed by atoms with E-state index in [-0.39, 0.29) is 11.1 Å². The Balaban J connectivity index is 1.61. The quantitative estimate of drug-likeness (QED) is 0.466. The normalized spacial score (nSPS) is 14.9. The van der Waals surface area contributed by atoms with Crippen molar-refractivity contribution in [1.29, 1.82) is 0 Å². The smallest absolute Gasteiger partial charge is 0.286 e. The van der Waals surface area contributed by atoms with E-state index < -0.39 is 0 Å². The van der Waals surface area contributed by atoms with Crippen LogP contribution in [0.2, 0.25) is 0 Å². The molecule has 28 heavy (non-hydrogen) atoms. The molecule has 1 amide bonds. The maximum atomic E-state index is 11.7. The van der Waals surface area contributed by atoms with Gasteiger partial charge >= 0.3 is 0 Å². The Morgan fingerprint density at radius 3 is 2.50 bits per heavy atom. The third-order valence-corrected chi connectivity index (χ3v) is 4.97. The molecule has 2 N–H and O–H groups in total.